The van der Waals surface area contributed by atoms with E-state index in [0.29, 0.717) is 5.69 Å². The quantitative estimate of drug-likeness (QED) is 0.667. The molecule has 88 valence electrons. The molecule has 1 N–H and O–H groups in total. The second-order valence-corrected chi connectivity index (χ2v) is 4.50. The van der Waals surface area contributed by atoms with Crippen molar-refractivity contribution in [2.75, 3.05) is 0 Å². The highest BCUT2D eigenvalue weighted by atomic mass is 32.1. The van der Waals surface area contributed by atoms with Gasteiger partial charge in [-0.3, -0.25) is 4.79 Å². The summed E-state index contributed by atoms with van der Waals surface area (Å²) in [7, 11) is 0. The number of carbonyl (C=O) groups is 1. The SMILES string of the molecule is O=C(S)c1[nH]c2ccccc2c1-c1ccccc1. The van der Waals surface area contributed by atoms with Gasteiger partial charge in [0.2, 0.25) is 5.12 Å². The van der Waals surface area contributed by atoms with Gasteiger partial charge in [0.05, 0.1) is 0 Å². The van der Waals surface area contributed by atoms with Crippen LogP contribution in [-0.2, 0) is 0 Å². The number of nitrogens with one attached hydrogen (secondary N) is 1. The first kappa shape index (κ1) is 11.1. The molecule has 3 aromatic rings. The lowest BCUT2D eigenvalue weighted by Crippen LogP contribution is -1.91. The Hall–Kier alpha value is -2.00. The van der Waals surface area contributed by atoms with Crippen LogP contribution in [0.3, 0.4) is 0 Å². The van der Waals surface area contributed by atoms with Crippen LogP contribution in [0.15, 0.2) is 54.6 Å². The van der Waals surface area contributed by atoms with Crippen molar-refractivity contribution in [3.63, 3.8) is 0 Å². The summed E-state index contributed by atoms with van der Waals surface area (Å²) in [6.45, 7) is 0. The van der Waals surface area contributed by atoms with Gasteiger partial charge >= 0.3 is 0 Å². The maximum absolute atomic E-state index is 11.6. The van der Waals surface area contributed by atoms with Gasteiger partial charge in [0.25, 0.3) is 0 Å². The van der Waals surface area contributed by atoms with E-state index in [-0.39, 0.29) is 5.12 Å². The molecular formula is C15H11NOS. The lowest BCUT2D eigenvalue weighted by molar-refractivity contribution is 0.108. The molecule has 0 aliphatic carbocycles. The average Bonchev–Trinajstić information content (AvgIpc) is 2.79. The lowest BCUT2D eigenvalue weighted by Gasteiger charge is -2.01. The second kappa shape index (κ2) is 4.35. The van der Waals surface area contributed by atoms with E-state index < -0.39 is 0 Å². The van der Waals surface area contributed by atoms with Crippen LogP contribution in [0.1, 0.15) is 10.5 Å². The van der Waals surface area contributed by atoms with E-state index in [1.54, 1.807) is 0 Å². The van der Waals surface area contributed by atoms with Crippen molar-refractivity contribution in [1.82, 2.24) is 4.98 Å². The van der Waals surface area contributed by atoms with Crippen molar-refractivity contribution in [3.8, 4) is 11.1 Å². The molecule has 3 heteroatoms. The third-order valence-electron chi connectivity index (χ3n) is 2.98. The van der Waals surface area contributed by atoms with Crippen LogP contribution >= 0.6 is 12.6 Å². The van der Waals surface area contributed by atoms with Gasteiger partial charge < -0.3 is 4.98 Å². The summed E-state index contributed by atoms with van der Waals surface area (Å²) in [6.07, 6.45) is 0. The van der Waals surface area contributed by atoms with Crippen molar-refractivity contribution >= 4 is 28.6 Å². The fraction of sp³-hybridized carbons (Fsp3) is 0. The first-order valence-electron chi connectivity index (χ1n) is 5.67. The third-order valence-corrected chi connectivity index (χ3v) is 3.21. The molecule has 2 aromatic carbocycles. The van der Waals surface area contributed by atoms with Crippen molar-refractivity contribution in [1.29, 1.82) is 0 Å². The number of aromatic amines is 1. The van der Waals surface area contributed by atoms with Gasteiger partial charge in [0, 0.05) is 16.5 Å². The smallest absolute Gasteiger partial charge is 0.233 e. The molecule has 0 aliphatic rings. The topological polar surface area (TPSA) is 32.9 Å². The molecule has 2 nitrogen and oxygen atoms in total. The monoisotopic (exact) mass is 253 g/mol. The van der Waals surface area contributed by atoms with E-state index >= 15 is 0 Å². The summed E-state index contributed by atoms with van der Waals surface area (Å²) in [5.41, 5.74) is 3.44. The summed E-state index contributed by atoms with van der Waals surface area (Å²) >= 11 is 3.95. The summed E-state index contributed by atoms with van der Waals surface area (Å²) in [5.74, 6) is 0. The zero-order chi connectivity index (χ0) is 12.5. The summed E-state index contributed by atoms with van der Waals surface area (Å²) in [6, 6.07) is 17.8. The minimum Gasteiger partial charge on any atom is -0.351 e. The first-order chi connectivity index (χ1) is 8.77. The molecule has 1 aromatic heterocycles. The highest BCUT2D eigenvalue weighted by Gasteiger charge is 2.16. The van der Waals surface area contributed by atoms with Crippen LogP contribution in [0.2, 0.25) is 0 Å². The molecule has 0 fully saturated rings. The van der Waals surface area contributed by atoms with Gasteiger partial charge in [-0.05, 0) is 11.6 Å². The summed E-state index contributed by atoms with van der Waals surface area (Å²) in [4.78, 5) is 14.8. The number of H-pyrrole nitrogens is 1. The number of thiol groups is 1. The van der Waals surface area contributed by atoms with Crippen molar-refractivity contribution in [2.24, 2.45) is 0 Å². The molecule has 0 aliphatic heterocycles. The number of rotatable bonds is 2. The van der Waals surface area contributed by atoms with Gasteiger partial charge in [0.15, 0.2) is 0 Å². The van der Waals surface area contributed by atoms with Crippen LogP contribution < -0.4 is 0 Å². The number of carbonyl (C=O) groups excluding carboxylic acids is 1. The first-order valence-corrected chi connectivity index (χ1v) is 6.11. The fourth-order valence-electron chi connectivity index (χ4n) is 2.21. The van der Waals surface area contributed by atoms with E-state index in [1.807, 2.05) is 54.6 Å². The number of hydrogen-bond donors (Lipinski definition) is 2. The molecule has 0 saturated carbocycles. The summed E-state index contributed by atoms with van der Waals surface area (Å²) < 4.78 is 0. The standard InChI is InChI=1S/C15H11NOS/c17-15(18)14-13(10-6-2-1-3-7-10)11-8-4-5-9-12(11)16-14/h1-9,16H,(H,17,18). The predicted octanol–water partition coefficient (Wildman–Crippen LogP) is 3.90. The van der Waals surface area contributed by atoms with E-state index in [0.717, 1.165) is 22.0 Å². The molecule has 0 unspecified atom stereocenters. The Balaban J connectivity index is 2.38. The molecule has 0 atom stereocenters. The highest BCUT2D eigenvalue weighted by molar-refractivity contribution is 7.97. The third kappa shape index (κ3) is 1.73. The Morgan fingerprint density at radius 2 is 1.61 bits per heavy atom. The van der Waals surface area contributed by atoms with Gasteiger partial charge in [0.1, 0.15) is 5.69 Å². The average molecular weight is 253 g/mol. The number of aromatic nitrogens is 1. The van der Waals surface area contributed by atoms with Gasteiger partial charge in [-0.25, -0.2) is 0 Å². The van der Waals surface area contributed by atoms with Gasteiger partial charge in [-0.2, -0.15) is 0 Å². The zero-order valence-corrected chi connectivity index (χ0v) is 10.4. The molecular weight excluding hydrogens is 242 g/mol. The number of hydrogen-bond acceptors (Lipinski definition) is 1. The van der Waals surface area contributed by atoms with Gasteiger partial charge in [-0.1, -0.05) is 61.2 Å². The Bertz CT molecular complexity index is 716. The zero-order valence-electron chi connectivity index (χ0n) is 9.55. The Morgan fingerprint density at radius 1 is 0.944 bits per heavy atom. The van der Waals surface area contributed by atoms with E-state index in [4.69, 9.17) is 0 Å². The Kier molecular flexibility index (Phi) is 2.68. The maximum atomic E-state index is 11.6. The molecule has 1 heterocycles. The van der Waals surface area contributed by atoms with Crippen LogP contribution in [0.5, 0.6) is 0 Å². The van der Waals surface area contributed by atoms with Gasteiger partial charge in [-0.15, -0.1) is 0 Å². The van der Waals surface area contributed by atoms with E-state index in [9.17, 15) is 4.79 Å². The number of para-hydroxylation sites is 1. The summed E-state index contributed by atoms with van der Waals surface area (Å²) in [5, 5.41) is 0.797. The molecule has 0 amide bonds. The number of benzene rings is 2. The Labute approximate surface area is 110 Å². The minimum absolute atomic E-state index is 0.245. The van der Waals surface area contributed by atoms with Crippen molar-refractivity contribution in [2.45, 2.75) is 0 Å². The van der Waals surface area contributed by atoms with Crippen LogP contribution in [0, 0.1) is 0 Å². The predicted molar refractivity (Wildman–Crippen MR) is 77.1 cm³/mol. The van der Waals surface area contributed by atoms with Crippen molar-refractivity contribution in [3.05, 3.63) is 60.3 Å². The van der Waals surface area contributed by atoms with Crippen molar-refractivity contribution < 1.29 is 4.79 Å². The fourth-order valence-corrected chi connectivity index (χ4v) is 2.37. The highest BCUT2D eigenvalue weighted by Crippen LogP contribution is 2.32. The molecule has 0 saturated heterocycles. The van der Waals surface area contributed by atoms with Crippen LogP contribution in [-0.4, -0.2) is 10.1 Å². The van der Waals surface area contributed by atoms with E-state index in [2.05, 4.69) is 17.6 Å². The minimum atomic E-state index is -0.245. The largest absolute Gasteiger partial charge is 0.351 e. The molecule has 18 heavy (non-hydrogen) atoms. The Morgan fingerprint density at radius 3 is 2.33 bits per heavy atom. The number of fused-ring (bicyclic) bond motifs is 1. The molecule has 0 radical (unpaired) electrons. The van der Waals surface area contributed by atoms with E-state index in [1.165, 1.54) is 0 Å². The van der Waals surface area contributed by atoms with Crippen LogP contribution in [0.4, 0.5) is 0 Å². The second-order valence-electron chi connectivity index (χ2n) is 4.09. The molecule has 0 spiro atoms. The normalized spacial score (nSPS) is 10.7. The van der Waals surface area contributed by atoms with Crippen LogP contribution in [0.25, 0.3) is 22.0 Å². The molecule has 3 rings (SSSR count). The molecule has 0 bridgehead atoms. The maximum Gasteiger partial charge on any atom is 0.233 e. The lowest BCUT2D eigenvalue weighted by atomic mass is 10.0.